The summed E-state index contributed by atoms with van der Waals surface area (Å²) in [6.45, 7) is 7.28. The van der Waals surface area contributed by atoms with Crippen LogP contribution in [0.2, 0.25) is 0 Å². The highest BCUT2D eigenvalue weighted by Gasteiger charge is 2.36. The maximum atomic E-state index is 5.66. The smallest absolute Gasteiger partial charge is 0.106 e. The van der Waals surface area contributed by atoms with Gasteiger partial charge in [-0.2, -0.15) is 0 Å². The Balaban J connectivity index is 1.84. The predicted molar refractivity (Wildman–Crippen MR) is 69.1 cm³/mol. The molecule has 4 atom stereocenters. The molecule has 2 fully saturated rings. The van der Waals surface area contributed by atoms with E-state index in [4.69, 9.17) is 9.47 Å². The fraction of sp³-hybridized carbons (Fsp3) is 1.00. The van der Waals surface area contributed by atoms with Gasteiger partial charge in [0, 0.05) is 32.7 Å². The largest absolute Gasteiger partial charge is 0.378 e. The lowest BCUT2D eigenvalue weighted by atomic mass is 9.78. The van der Waals surface area contributed by atoms with Crippen molar-refractivity contribution >= 4 is 0 Å². The lowest BCUT2D eigenvalue weighted by molar-refractivity contribution is -0.0202. The van der Waals surface area contributed by atoms with E-state index in [0.29, 0.717) is 6.04 Å². The van der Waals surface area contributed by atoms with Crippen LogP contribution in [0.25, 0.3) is 0 Å². The monoisotopic (exact) mass is 241 g/mol. The molecule has 0 radical (unpaired) electrons. The average Bonchev–Trinajstić information content (AvgIpc) is 2.81. The molecule has 1 saturated carbocycles. The van der Waals surface area contributed by atoms with Crippen LogP contribution in [0.1, 0.15) is 39.5 Å². The molecule has 2 aliphatic rings. The molecule has 0 spiro atoms. The fourth-order valence-corrected chi connectivity index (χ4v) is 3.15. The molecule has 0 aromatic carbocycles. The first-order valence-corrected chi connectivity index (χ1v) is 7.03. The first-order valence-electron chi connectivity index (χ1n) is 7.03. The summed E-state index contributed by atoms with van der Waals surface area (Å²) in [6.07, 6.45) is 5.08. The summed E-state index contributed by atoms with van der Waals surface area (Å²) in [4.78, 5) is 0. The molecule has 0 bridgehead atoms. The highest BCUT2D eigenvalue weighted by atomic mass is 16.5. The molecule has 0 aromatic heterocycles. The van der Waals surface area contributed by atoms with Crippen LogP contribution in [0.4, 0.5) is 0 Å². The van der Waals surface area contributed by atoms with Gasteiger partial charge in [-0.05, 0) is 18.3 Å². The molecular formula is C14H27NO2. The Morgan fingerprint density at radius 3 is 2.82 bits per heavy atom. The van der Waals surface area contributed by atoms with Crippen LogP contribution in [0.15, 0.2) is 0 Å². The number of rotatable bonds is 4. The molecule has 1 saturated heterocycles. The quantitative estimate of drug-likeness (QED) is 0.818. The third kappa shape index (κ3) is 3.01. The van der Waals surface area contributed by atoms with E-state index < -0.39 is 0 Å². The molecule has 3 nitrogen and oxygen atoms in total. The van der Waals surface area contributed by atoms with E-state index in [9.17, 15) is 0 Å². The summed E-state index contributed by atoms with van der Waals surface area (Å²) in [6, 6.07) is 0.659. The van der Waals surface area contributed by atoms with E-state index in [-0.39, 0.29) is 5.60 Å². The zero-order valence-corrected chi connectivity index (χ0v) is 11.5. The second kappa shape index (κ2) is 5.68. The minimum atomic E-state index is -0.0690. The van der Waals surface area contributed by atoms with Crippen LogP contribution in [0.5, 0.6) is 0 Å². The fourth-order valence-electron chi connectivity index (χ4n) is 3.15. The Morgan fingerprint density at radius 1 is 1.35 bits per heavy atom. The Bertz CT molecular complexity index is 238. The molecule has 0 aromatic rings. The second-order valence-electron chi connectivity index (χ2n) is 5.94. The van der Waals surface area contributed by atoms with Gasteiger partial charge < -0.3 is 14.8 Å². The number of hydrogen-bond acceptors (Lipinski definition) is 3. The van der Waals surface area contributed by atoms with Crippen molar-refractivity contribution in [3.05, 3.63) is 0 Å². The molecule has 2 rings (SSSR count). The molecule has 1 heterocycles. The Hall–Kier alpha value is -0.120. The summed E-state index contributed by atoms with van der Waals surface area (Å²) >= 11 is 0. The summed E-state index contributed by atoms with van der Waals surface area (Å²) in [5.41, 5.74) is -0.0690. The Labute approximate surface area is 105 Å². The van der Waals surface area contributed by atoms with Crippen molar-refractivity contribution in [1.29, 1.82) is 0 Å². The van der Waals surface area contributed by atoms with Crippen molar-refractivity contribution < 1.29 is 9.47 Å². The third-order valence-corrected chi connectivity index (χ3v) is 4.89. The van der Waals surface area contributed by atoms with Gasteiger partial charge in [-0.1, -0.05) is 26.7 Å². The van der Waals surface area contributed by atoms with E-state index in [0.717, 1.165) is 38.0 Å². The number of hydrogen-bond donors (Lipinski definition) is 1. The molecule has 17 heavy (non-hydrogen) atoms. The van der Waals surface area contributed by atoms with Crippen molar-refractivity contribution in [3.8, 4) is 0 Å². The van der Waals surface area contributed by atoms with E-state index in [1.54, 1.807) is 0 Å². The molecule has 1 N–H and O–H groups in total. The van der Waals surface area contributed by atoms with Crippen LogP contribution in [0, 0.1) is 11.8 Å². The van der Waals surface area contributed by atoms with Crippen molar-refractivity contribution in [2.75, 3.05) is 26.9 Å². The lowest BCUT2D eigenvalue weighted by Gasteiger charge is -2.37. The predicted octanol–water partition coefficient (Wildman–Crippen LogP) is 2.21. The molecule has 100 valence electrons. The van der Waals surface area contributed by atoms with E-state index in [1.807, 2.05) is 7.11 Å². The Kier molecular flexibility index (Phi) is 4.45. The third-order valence-electron chi connectivity index (χ3n) is 4.89. The summed E-state index contributed by atoms with van der Waals surface area (Å²) in [5, 5.41) is 3.73. The van der Waals surface area contributed by atoms with Gasteiger partial charge >= 0.3 is 0 Å². The standard InChI is InChI=1S/C14H27NO2/c1-11-5-4-6-13(12(11)2)15-9-14(16-3)7-8-17-10-14/h11-13,15H,4-10H2,1-3H3. The van der Waals surface area contributed by atoms with Gasteiger partial charge in [0.1, 0.15) is 5.60 Å². The molecule has 0 amide bonds. The van der Waals surface area contributed by atoms with Gasteiger partial charge in [-0.15, -0.1) is 0 Å². The van der Waals surface area contributed by atoms with Crippen molar-refractivity contribution in [1.82, 2.24) is 5.32 Å². The number of nitrogens with one attached hydrogen (secondary N) is 1. The molecule has 4 unspecified atom stereocenters. The summed E-state index contributed by atoms with van der Waals surface area (Å²) in [5.74, 6) is 1.62. The highest BCUT2D eigenvalue weighted by molar-refractivity contribution is 4.90. The molecule has 3 heteroatoms. The van der Waals surface area contributed by atoms with Crippen LogP contribution in [0.3, 0.4) is 0 Å². The van der Waals surface area contributed by atoms with E-state index in [2.05, 4.69) is 19.2 Å². The van der Waals surface area contributed by atoms with Gasteiger partial charge in [0.05, 0.1) is 6.61 Å². The molecule has 1 aliphatic heterocycles. The topological polar surface area (TPSA) is 30.5 Å². The summed E-state index contributed by atoms with van der Waals surface area (Å²) < 4.78 is 11.1. The van der Waals surface area contributed by atoms with Gasteiger partial charge in [-0.25, -0.2) is 0 Å². The Morgan fingerprint density at radius 2 is 2.18 bits per heavy atom. The maximum Gasteiger partial charge on any atom is 0.106 e. The van der Waals surface area contributed by atoms with Gasteiger partial charge in [-0.3, -0.25) is 0 Å². The van der Waals surface area contributed by atoms with Crippen molar-refractivity contribution in [2.45, 2.75) is 51.2 Å². The lowest BCUT2D eigenvalue weighted by Crippen LogP contribution is -2.49. The minimum absolute atomic E-state index is 0.0690. The first-order chi connectivity index (χ1) is 8.17. The van der Waals surface area contributed by atoms with Crippen LogP contribution in [-0.4, -0.2) is 38.5 Å². The maximum absolute atomic E-state index is 5.66. The highest BCUT2D eigenvalue weighted by Crippen LogP contribution is 2.30. The van der Waals surface area contributed by atoms with E-state index >= 15 is 0 Å². The zero-order valence-electron chi connectivity index (χ0n) is 11.5. The number of methoxy groups -OCH3 is 1. The summed E-state index contributed by atoms with van der Waals surface area (Å²) in [7, 11) is 1.81. The molecular weight excluding hydrogens is 214 g/mol. The van der Waals surface area contributed by atoms with Gasteiger partial charge in [0.15, 0.2) is 0 Å². The van der Waals surface area contributed by atoms with Crippen LogP contribution < -0.4 is 5.32 Å². The van der Waals surface area contributed by atoms with Crippen LogP contribution >= 0.6 is 0 Å². The van der Waals surface area contributed by atoms with Gasteiger partial charge in [0.25, 0.3) is 0 Å². The van der Waals surface area contributed by atoms with Crippen molar-refractivity contribution in [2.24, 2.45) is 11.8 Å². The zero-order chi connectivity index (χ0) is 12.3. The normalized spacial score (nSPS) is 42.9. The molecule has 1 aliphatic carbocycles. The number of ether oxygens (including phenoxy) is 2. The SMILES string of the molecule is COC1(CNC2CCCC(C)C2C)CCOC1. The second-order valence-corrected chi connectivity index (χ2v) is 5.94. The minimum Gasteiger partial charge on any atom is -0.378 e. The first kappa shape index (κ1) is 13.3. The van der Waals surface area contributed by atoms with Crippen molar-refractivity contribution in [3.63, 3.8) is 0 Å². The van der Waals surface area contributed by atoms with Gasteiger partial charge in [0.2, 0.25) is 0 Å². The van der Waals surface area contributed by atoms with E-state index in [1.165, 1.54) is 19.3 Å². The average molecular weight is 241 g/mol. The van der Waals surface area contributed by atoms with Crippen LogP contribution in [-0.2, 0) is 9.47 Å².